The van der Waals surface area contributed by atoms with E-state index in [0.717, 1.165) is 24.5 Å². The summed E-state index contributed by atoms with van der Waals surface area (Å²) in [6.07, 6.45) is 2.76. The average Bonchev–Trinajstić information content (AvgIpc) is 3.71. The van der Waals surface area contributed by atoms with Crippen molar-refractivity contribution in [1.29, 1.82) is 0 Å². The molecule has 9 nitrogen and oxygen atoms in total. The number of likely N-dealkylation sites (tertiary alicyclic amines) is 1. The Balaban J connectivity index is 0.00000189. The van der Waals surface area contributed by atoms with Gasteiger partial charge in [0.25, 0.3) is 5.91 Å². The maximum atomic E-state index is 15.2. The summed E-state index contributed by atoms with van der Waals surface area (Å²) in [5.41, 5.74) is 2.06. The van der Waals surface area contributed by atoms with E-state index in [1.54, 1.807) is 12.0 Å². The predicted molar refractivity (Wildman–Crippen MR) is 155 cm³/mol. The van der Waals surface area contributed by atoms with Crippen LogP contribution in [0.15, 0.2) is 41.0 Å². The standard InChI is InChI=1S/C28H30ClFN4O5.C2H6/c1-4-19(15-5-6-15)23(14(2)29)27(36)34-22-10-17(26(35)33-12-18(13-33)39-3)11-31-25(22)24(32-34)20-8-7-16(28(37)38)9-21(20)30;1-2/h7-9,15,17-18,31H,2,4-6,10-13H2,1,3H3,(H,37,38);1-2H3/b23-19-;. The summed E-state index contributed by atoms with van der Waals surface area (Å²) in [4.78, 5) is 40.3. The van der Waals surface area contributed by atoms with E-state index < -0.39 is 23.6 Å². The van der Waals surface area contributed by atoms with Crippen molar-refractivity contribution in [3.05, 3.63) is 58.0 Å². The monoisotopic (exact) mass is 586 g/mol. The Morgan fingerprint density at radius 1 is 1.22 bits per heavy atom. The van der Waals surface area contributed by atoms with Crippen LogP contribution in [0, 0.1) is 17.7 Å². The fourth-order valence-electron chi connectivity index (χ4n) is 5.39. The zero-order valence-electron chi connectivity index (χ0n) is 23.8. The lowest BCUT2D eigenvalue weighted by atomic mass is 9.93. The Kier molecular flexibility index (Phi) is 9.34. The summed E-state index contributed by atoms with van der Waals surface area (Å²) >= 11 is 6.37. The second kappa shape index (κ2) is 12.6. The minimum absolute atomic E-state index is 0.00818. The van der Waals surface area contributed by atoms with Gasteiger partial charge in [0.15, 0.2) is 0 Å². The third-order valence-electron chi connectivity index (χ3n) is 7.71. The number of anilines is 1. The SMILES string of the molecule is C=C(Cl)/C(C(=O)n1nc(-c2ccc(C(=O)O)cc2F)c2c1CC(C(=O)N1CC(OC)C1)CN2)=C(\CC)C1CC1.CC. The predicted octanol–water partition coefficient (Wildman–Crippen LogP) is 5.36. The van der Waals surface area contributed by atoms with Crippen molar-refractivity contribution < 1.29 is 28.6 Å². The summed E-state index contributed by atoms with van der Waals surface area (Å²) in [7, 11) is 1.61. The molecule has 0 spiro atoms. The smallest absolute Gasteiger partial charge is 0.335 e. The molecule has 41 heavy (non-hydrogen) atoms. The van der Waals surface area contributed by atoms with Crippen molar-refractivity contribution >= 4 is 35.1 Å². The van der Waals surface area contributed by atoms with Gasteiger partial charge in [-0.15, -0.1) is 0 Å². The third kappa shape index (κ3) is 5.94. The van der Waals surface area contributed by atoms with E-state index in [4.69, 9.17) is 16.3 Å². The quantitative estimate of drug-likeness (QED) is 0.316. The number of fused-ring (bicyclic) bond motifs is 1. The van der Waals surface area contributed by atoms with E-state index in [-0.39, 0.29) is 52.7 Å². The number of amides is 1. The number of aromatic nitrogens is 2. The molecule has 1 saturated heterocycles. The first-order valence-electron chi connectivity index (χ1n) is 14.0. The highest BCUT2D eigenvalue weighted by atomic mass is 35.5. The fourth-order valence-corrected chi connectivity index (χ4v) is 5.59. The van der Waals surface area contributed by atoms with Crippen LogP contribution in [-0.2, 0) is 16.0 Å². The molecule has 220 valence electrons. The molecule has 2 fully saturated rings. The Hall–Kier alpha value is -3.50. The number of hydrogen-bond acceptors (Lipinski definition) is 6. The van der Waals surface area contributed by atoms with E-state index in [9.17, 15) is 19.5 Å². The number of carbonyl (C=O) groups is 3. The van der Waals surface area contributed by atoms with Gasteiger partial charge in [0.05, 0.1) is 34.5 Å². The minimum atomic E-state index is -1.26. The number of hydrogen-bond donors (Lipinski definition) is 2. The minimum Gasteiger partial charge on any atom is -0.478 e. The number of halogens is 2. The Labute approximate surface area is 244 Å². The summed E-state index contributed by atoms with van der Waals surface area (Å²) in [6.45, 7) is 11.1. The Bertz CT molecular complexity index is 1410. The summed E-state index contributed by atoms with van der Waals surface area (Å²) in [5, 5.41) is 17.1. The maximum absolute atomic E-state index is 15.2. The number of methoxy groups -OCH3 is 1. The molecular formula is C30H36ClFN4O5. The molecule has 2 N–H and O–H groups in total. The number of allylic oxidation sites excluding steroid dienone is 3. The number of carboxylic acid groups (broad SMARTS) is 1. The van der Waals surface area contributed by atoms with Crippen molar-refractivity contribution in [2.75, 3.05) is 32.1 Å². The highest BCUT2D eigenvalue weighted by molar-refractivity contribution is 6.35. The van der Waals surface area contributed by atoms with Crippen molar-refractivity contribution in [2.24, 2.45) is 11.8 Å². The van der Waals surface area contributed by atoms with Gasteiger partial charge in [-0.1, -0.05) is 44.5 Å². The van der Waals surface area contributed by atoms with Gasteiger partial charge in [-0.3, -0.25) is 9.59 Å². The summed E-state index contributed by atoms with van der Waals surface area (Å²) in [5.74, 6) is -2.81. The number of ether oxygens (including phenoxy) is 1. The molecule has 2 aromatic rings. The number of nitrogens with zero attached hydrogens (tertiary/aromatic N) is 3. The molecule has 0 radical (unpaired) electrons. The van der Waals surface area contributed by atoms with Crippen LogP contribution < -0.4 is 5.32 Å². The van der Waals surface area contributed by atoms with Crippen LogP contribution in [0.5, 0.6) is 0 Å². The first-order valence-corrected chi connectivity index (χ1v) is 14.3. The molecular weight excluding hydrogens is 551 g/mol. The molecule has 3 aliphatic rings. The summed E-state index contributed by atoms with van der Waals surface area (Å²) in [6, 6.07) is 3.54. The first kappa shape index (κ1) is 30.5. The zero-order valence-corrected chi connectivity index (χ0v) is 24.6. The lowest BCUT2D eigenvalue weighted by Crippen LogP contribution is -2.57. The Morgan fingerprint density at radius 3 is 2.44 bits per heavy atom. The van der Waals surface area contributed by atoms with Crippen LogP contribution in [0.25, 0.3) is 11.3 Å². The number of nitrogens with one attached hydrogen (secondary N) is 1. The number of benzene rings is 1. The van der Waals surface area contributed by atoms with Gasteiger partial charge in [0.1, 0.15) is 11.5 Å². The van der Waals surface area contributed by atoms with Gasteiger partial charge >= 0.3 is 5.97 Å². The molecule has 1 aromatic carbocycles. The van der Waals surface area contributed by atoms with E-state index in [2.05, 4.69) is 17.0 Å². The molecule has 1 aromatic heterocycles. The van der Waals surface area contributed by atoms with Gasteiger partial charge in [-0.25, -0.2) is 9.18 Å². The lowest BCUT2D eigenvalue weighted by molar-refractivity contribution is -0.147. The highest BCUT2D eigenvalue weighted by Crippen LogP contribution is 2.43. The Morgan fingerprint density at radius 2 is 1.90 bits per heavy atom. The second-order valence-corrected chi connectivity index (χ2v) is 10.7. The maximum Gasteiger partial charge on any atom is 0.335 e. The third-order valence-corrected chi connectivity index (χ3v) is 7.90. The summed E-state index contributed by atoms with van der Waals surface area (Å²) < 4.78 is 21.6. The molecule has 1 unspecified atom stereocenters. The van der Waals surface area contributed by atoms with Crippen molar-refractivity contribution in [2.45, 2.75) is 52.6 Å². The van der Waals surface area contributed by atoms with Crippen LogP contribution in [0.3, 0.4) is 0 Å². The molecule has 11 heteroatoms. The topological polar surface area (TPSA) is 114 Å². The fraction of sp³-hybridized carbons (Fsp3) is 0.467. The number of carbonyl (C=O) groups excluding carboxylic acids is 2. The zero-order chi connectivity index (χ0) is 30.0. The number of carboxylic acids is 1. The molecule has 3 heterocycles. The average molecular weight is 587 g/mol. The van der Waals surface area contributed by atoms with E-state index >= 15 is 4.39 Å². The molecule has 0 bridgehead atoms. The van der Waals surface area contributed by atoms with Gasteiger partial charge in [-0.2, -0.15) is 9.78 Å². The second-order valence-electron chi connectivity index (χ2n) is 10.2. The molecule has 1 saturated carbocycles. The largest absolute Gasteiger partial charge is 0.478 e. The van der Waals surface area contributed by atoms with Crippen LogP contribution in [0.2, 0.25) is 0 Å². The molecule has 5 rings (SSSR count). The molecule has 1 aliphatic carbocycles. The van der Waals surface area contributed by atoms with E-state index in [1.165, 1.54) is 16.8 Å². The van der Waals surface area contributed by atoms with Crippen LogP contribution in [-0.4, -0.2) is 70.4 Å². The van der Waals surface area contributed by atoms with Gasteiger partial charge in [0.2, 0.25) is 5.91 Å². The lowest BCUT2D eigenvalue weighted by Gasteiger charge is -2.40. The van der Waals surface area contributed by atoms with Crippen molar-refractivity contribution in [3.8, 4) is 11.3 Å². The number of rotatable bonds is 8. The van der Waals surface area contributed by atoms with Gasteiger partial charge < -0.3 is 20.1 Å². The van der Waals surface area contributed by atoms with Crippen LogP contribution in [0.4, 0.5) is 10.1 Å². The molecule has 2 aliphatic heterocycles. The van der Waals surface area contributed by atoms with Crippen molar-refractivity contribution in [1.82, 2.24) is 14.7 Å². The molecule has 1 atom stereocenters. The van der Waals surface area contributed by atoms with Crippen LogP contribution >= 0.6 is 11.6 Å². The molecule has 1 amide bonds. The van der Waals surface area contributed by atoms with E-state index in [0.29, 0.717) is 36.5 Å². The van der Waals surface area contributed by atoms with Crippen molar-refractivity contribution in [3.63, 3.8) is 0 Å². The first-order chi connectivity index (χ1) is 19.6. The highest BCUT2D eigenvalue weighted by Gasteiger charge is 2.39. The van der Waals surface area contributed by atoms with Gasteiger partial charge in [-0.05, 0) is 43.4 Å². The van der Waals surface area contributed by atoms with E-state index in [1.807, 2.05) is 20.8 Å². The van der Waals surface area contributed by atoms with Crippen LogP contribution in [0.1, 0.15) is 60.9 Å². The normalized spacial score (nSPS) is 18.7. The number of aromatic carboxylic acids is 1. The van der Waals surface area contributed by atoms with Gasteiger partial charge in [0, 0.05) is 43.8 Å².